The van der Waals surface area contributed by atoms with Crippen LogP contribution in [0.2, 0.25) is 0 Å². The first-order valence-corrected chi connectivity index (χ1v) is 11.9. The fourth-order valence-corrected chi connectivity index (χ4v) is 4.55. The SMILES string of the molecule is C=CC(=O)N1CC=C(c2nc(Nc3ncc(C)s3)cc3c2ccn3CCC(C)(C)C)CC1. The highest BCUT2D eigenvalue weighted by atomic mass is 32.1. The molecule has 0 saturated heterocycles. The third-order valence-electron chi connectivity index (χ3n) is 5.73. The predicted molar refractivity (Wildman–Crippen MR) is 133 cm³/mol. The van der Waals surface area contributed by atoms with Crippen LogP contribution in [0, 0.1) is 12.3 Å². The number of rotatable bonds is 6. The molecule has 4 rings (SSSR count). The molecule has 0 bridgehead atoms. The average Bonchev–Trinajstić information content (AvgIpc) is 3.36. The summed E-state index contributed by atoms with van der Waals surface area (Å²) in [5.74, 6) is 0.768. The zero-order chi connectivity index (χ0) is 22.9. The first-order valence-electron chi connectivity index (χ1n) is 11.0. The van der Waals surface area contributed by atoms with Crippen molar-refractivity contribution in [2.45, 2.75) is 47.1 Å². The van der Waals surface area contributed by atoms with E-state index in [4.69, 9.17) is 4.98 Å². The minimum Gasteiger partial charge on any atom is -0.347 e. The molecule has 6 nitrogen and oxygen atoms in total. The largest absolute Gasteiger partial charge is 0.347 e. The number of nitrogens with one attached hydrogen (secondary N) is 1. The van der Waals surface area contributed by atoms with Crippen LogP contribution in [0.1, 0.15) is 44.2 Å². The van der Waals surface area contributed by atoms with Gasteiger partial charge in [0.25, 0.3) is 0 Å². The van der Waals surface area contributed by atoms with Crippen molar-refractivity contribution in [1.29, 1.82) is 0 Å². The fraction of sp³-hybridized carbons (Fsp3) is 0.400. The Kier molecular flexibility index (Phi) is 6.20. The van der Waals surface area contributed by atoms with Crippen molar-refractivity contribution in [2.75, 3.05) is 18.4 Å². The summed E-state index contributed by atoms with van der Waals surface area (Å²) in [6.07, 6.45) is 9.39. The van der Waals surface area contributed by atoms with E-state index < -0.39 is 0 Å². The van der Waals surface area contributed by atoms with Gasteiger partial charge in [-0.05, 0) is 42.9 Å². The van der Waals surface area contributed by atoms with E-state index in [1.165, 1.54) is 17.2 Å². The number of amides is 1. The second kappa shape index (κ2) is 8.90. The van der Waals surface area contributed by atoms with Gasteiger partial charge in [-0.15, -0.1) is 11.3 Å². The van der Waals surface area contributed by atoms with Gasteiger partial charge in [0.1, 0.15) is 5.82 Å². The van der Waals surface area contributed by atoms with Crippen molar-refractivity contribution in [3.8, 4) is 0 Å². The van der Waals surface area contributed by atoms with Crippen molar-refractivity contribution in [3.05, 3.63) is 53.8 Å². The Morgan fingerprint density at radius 3 is 2.81 bits per heavy atom. The van der Waals surface area contributed by atoms with Crippen molar-refractivity contribution < 1.29 is 4.79 Å². The lowest BCUT2D eigenvalue weighted by Crippen LogP contribution is -2.33. The van der Waals surface area contributed by atoms with E-state index >= 15 is 0 Å². The molecule has 3 aromatic rings. The smallest absolute Gasteiger partial charge is 0.246 e. The normalized spacial score (nSPS) is 14.5. The zero-order valence-corrected chi connectivity index (χ0v) is 20.1. The quantitative estimate of drug-likeness (QED) is 0.484. The summed E-state index contributed by atoms with van der Waals surface area (Å²) in [5.41, 5.74) is 3.59. The predicted octanol–water partition coefficient (Wildman–Crippen LogP) is 5.78. The molecule has 0 aliphatic carbocycles. The van der Waals surface area contributed by atoms with Gasteiger partial charge in [-0.25, -0.2) is 9.97 Å². The molecule has 7 heteroatoms. The number of aryl methyl sites for hydroxylation is 2. The molecule has 0 radical (unpaired) electrons. The topological polar surface area (TPSA) is 63.1 Å². The van der Waals surface area contributed by atoms with Crippen LogP contribution in [0.15, 0.2) is 43.3 Å². The third-order valence-corrected chi connectivity index (χ3v) is 6.55. The molecular weight excluding hydrogens is 418 g/mol. The van der Waals surface area contributed by atoms with Crippen molar-refractivity contribution in [3.63, 3.8) is 0 Å². The van der Waals surface area contributed by atoms with E-state index in [2.05, 4.69) is 66.6 Å². The van der Waals surface area contributed by atoms with E-state index in [-0.39, 0.29) is 11.3 Å². The molecule has 3 aromatic heterocycles. The molecule has 0 unspecified atom stereocenters. The van der Waals surface area contributed by atoms with Crippen LogP contribution in [-0.4, -0.2) is 38.4 Å². The summed E-state index contributed by atoms with van der Waals surface area (Å²) in [4.78, 5) is 24.4. The van der Waals surface area contributed by atoms with E-state index in [1.807, 2.05) is 18.0 Å². The standard InChI is InChI=1S/C25H31N5OS/c1-6-22(31)30-11-7-18(8-12-30)23-19-9-13-29(14-10-25(3,4)5)20(19)15-21(27-23)28-24-26-16-17(2)32-24/h6-7,9,13,15-16H,1,8,10-12,14H2,2-5H3,(H,26,27,28). The number of aromatic nitrogens is 3. The number of nitrogens with zero attached hydrogens (tertiary/aromatic N) is 4. The summed E-state index contributed by atoms with van der Waals surface area (Å²) in [6, 6.07) is 4.29. The molecule has 1 aliphatic heterocycles. The number of thiazole rings is 1. The van der Waals surface area contributed by atoms with Gasteiger partial charge in [0, 0.05) is 48.4 Å². The Bertz CT molecular complexity index is 1180. The minimum atomic E-state index is -0.0266. The van der Waals surface area contributed by atoms with Gasteiger partial charge in [0.15, 0.2) is 5.13 Å². The second-order valence-electron chi connectivity index (χ2n) is 9.48. The number of pyridine rings is 1. The van der Waals surface area contributed by atoms with Gasteiger partial charge in [-0.3, -0.25) is 4.79 Å². The van der Waals surface area contributed by atoms with Crippen LogP contribution >= 0.6 is 11.3 Å². The number of anilines is 2. The Morgan fingerprint density at radius 1 is 1.38 bits per heavy atom. The molecule has 0 aromatic carbocycles. The molecule has 1 amide bonds. The molecule has 0 saturated carbocycles. The third kappa shape index (κ3) is 4.93. The molecule has 32 heavy (non-hydrogen) atoms. The summed E-state index contributed by atoms with van der Waals surface area (Å²) in [6.45, 7) is 14.7. The van der Waals surface area contributed by atoms with E-state index in [0.717, 1.165) is 46.3 Å². The lowest BCUT2D eigenvalue weighted by molar-refractivity contribution is -0.125. The molecule has 0 spiro atoms. The van der Waals surface area contributed by atoms with Crippen LogP contribution in [0.4, 0.5) is 10.9 Å². The highest BCUT2D eigenvalue weighted by molar-refractivity contribution is 7.15. The highest BCUT2D eigenvalue weighted by Crippen LogP contribution is 2.33. The van der Waals surface area contributed by atoms with Crippen LogP contribution in [0.5, 0.6) is 0 Å². The van der Waals surface area contributed by atoms with Gasteiger partial charge in [0.2, 0.25) is 5.91 Å². The molecule has 168 valence electrons. The molecule has 4 heterocycles. The van der Waals surface area contributed by atoms with Gasteiger partial charge >= 0.3 is 0 Å². The summed E-state index contributed by atoms with van der Waals surface area (Å²) in [7, 11) is 0. The summed E-state index contributed by atoms with van der Waals surface area (Å²) >= 11 is 1.62. The lowest BCUT2D eigenvalue weighted by Gasteiger charge is -2.25. The van der Waals surface area contributed by atoms with Crippen LogP contribution in [0.3, 0.4) is 0 Å². The lowest BCUT2D eigenvalue weighted by atomic mass is 9.92. The van der Waals surface area contributed by atoms with Gasteiger partial charge < -0.3 is 14.8 Å². The maximum atomic E-state index is 12.0. The molecular formula is C25H31N5OS. The fourth-order valence-electron chi connectivity index (χ4n) is 3.88. The van der Waals surface area contributed by atoms with Gasteiger partial charge in [-0.1, -0.05) is 33.4 Å². The second-order valence-corrected chi connectivity index (χ2v) is 10.7. The molecule has 1 N–H and O–H groups in total. The molecule has 1 aliphatic rings. The number of carbonyl (C=O) groups is 1. The van der Waals surface area contributed by atoms with Gasteiger partial charge in [-0.2, -0.15) is 0 Å². The average molecular weight is 450 g/mol. The van der Waals surface area contributed by atoms with Crippen molar-refractivity contribution in [2.24, 2.45) is 5.41 Å². The Balaban J connectivity index is 1.73. The zero-order valence-electron chi connectivity index (χ0n) is 19.3. The first kappa shape index (κ1) is 22.3. The molecule has 0 fully saturated rings. The first-order chi connectivity index (χ1) is 15.2. The Hall–Kier alpha value is -2.93. The number of hydrogen-bond acceptors (Lipinski definition) is 5. The molecule has 0 atom stereocenters. The number of hydrogen-bond donors (Lipinski definition) is 1. The van der Waals surface area contributed by atoms with E-state index in [1.54, 1.807) is 11.3 Å². The number of fused-ring (bicyclic) bond motifs is 1. The Labute approximate surface area is 193 Å². The monoisotopic (exact) mass is 449 g/mol. The van der Waals surface area contributed by atoms with E-state index in [9.17, 15) is 4.79 Å². The summed E-state index contributed by atoms with van der Waals surface area (Å²) in [5, 5.41) is 5.39. The number of carbonyl (C=O) groups excluding carboxylic acids is 1. The Morgan fingerprint density at radius 2 is 2.19 bits per heavy atom. The minimum absolute atomic E-state index is 0.0266. The highest BCUT2D eigenvalue weighted by Gasteiger charge is 2.20. The maximum Gasteiger partial charge on any atom is 0.246 e. The van der Waals surface area contributed by atoms with Crippen LogP contribution < -0.4 is 5.32 Å². The van der Waals surface area contributed by atoms with Gasteiger partial charge in [0.05, 0.1) is 11.2 Å². The van der Waals surface area contributed by atoms with Crippen LogP contribution in [-0.2, 0) is 11.3 Å². The van der Waals surface area contributed by atoms with Crippen molar-refractivity contribution >= 4 is 44.7 Å². The summed E-state index contributed by atoms with van der Waals surface area (Å²) < 4.78 is 2.32. The maximum absolute atomic E-state index is 12.0. The van der Waals surface area contributed by atoms with E-state index in [0.29, 0.717) is 13.1 Å². The van der Waals surface area contributed by atoms with Crippen LogP contribution in [0.25, 0.3) is 16.5 Å². The van der Waals surface area contributed by atoms with Crippen molar-refractivity contribution in [1.82, 2.24) is 19.4 Å².